The Hall–Kier alpha value is -1.06. The van der Waals surface area contributed by atoms with Crippen molar-refractivity contribution in [1.29, 1.82) is 0 Å². The molecule has 0 heterocycles. The summed E-state index contributed by atoms with van der Waals surface area (Å²) in [6.45, 7) is 9.67. The molecule has 0 spiro atoms. The maximum Gasteiger partial charge on any atom is 0.0803 e. The van der Waals surface area contributed by atoms with Crippen LogP contribution in [0.25, 0.3) is 0 Å². The lowest BCUT2D eigenvalue weighted by Crippen LogP contribution is -2.28. The zero-order valence-corrected chi connectivity index (χ0v) is 13.9. The minimum Gasteiger partial charge on any atom is -0.399 e. The van der Waals surface area contributed by atoms with Gasteiger partial charge in [-0.3, -0.25) is 0 Å². The van der Waals surface area contributed by atoms with Crippen molar-refractivity contribution in [2.75, 3.05) is 25.4 Å². The lowest BCUT2D eigenvalue weighted by atomic mass is 10.0. The van der Waals surface area contributed by atoms with Crippen LogP contribution in [0.5, 0.6) is 0 Å². The fourth-order valence-electron chi connectivity index (χ4n) is 2.44. The van der Waals surface area contributed by atoms with Crippen LogP contribution in [0.4, 0.5) is 5.69 Å². The van der Waals surface area contributed by atoms with Crippen LogP contribution in [0.2, 0.25) is 0 Å². The SMILES string of the molecule is CCCCN(CCCC)CCC(O)c1ccc(C)c(N)c1. The van der Waals surface area contributed by atoms with E-state index in [-0.39, 0.29) is 0 Å². The summed E-state index contributed by atoms with van der Waals surface area (Å²) >= 11 is 0. The first-order chi connectivity index (χ1) is 10.1. The standard InChI is InChI=1S/C18H32N2O/c1-4-6-11-20(12-7-5-2)13-10-18(21)16-9-8-15(3)17(19)14-16/h8-9,14,18,21H,4-7,10-13,19H2,1-3H3. The fraction of sp³-hybridized carbons (Fsp3) is 0.667. The Morgan fingerprint density at radius 2 is 1.71 bits per heavy atom. The Morgan fingerprint density at radius 3 is 2.24 bits per heavy atom. The van der Waals surface area contributed by atoms with Crippen molar-refractivity contribution < 1.29 is 5.11 Å². The largest absolute Gasteiger partial charge is 0.399 e. The number of aryl methyl sites for hydroxylation is 1. The number of nitrogen functional groups attached to an aromatic ring is 1. The summed E-state index contributed by atoms with van der Waals surface area (Å²) in [5, 5.41) is 10.4. The Balaban J connectivity index is 2.50. The molecule has 120 valence electrons. The van der Waals surface area contributed by atoms with Gasteiger partial charge in [-0.25, -0.2) is 0 Å². The number of benzene rings is 1. The van der Waals surface area contributed by atoms with E-state index in [9.17, 15) is 5.11 Å². The highest BCUT2D eigenvalue weighted by atomic mass is 16.3. The van der Waals surface area contributed by atoms with E-state index in [1.54, 1.807) is 0 Å². The number of unbranched alkanes of at least 4 members (excludes halogenated alkanes) is 2. The molecule has 1 atom stereocenters. The van der Waals surface area contributed by atoms with Crippen LogP contribution in [-0.4, -0.2) is 29.6 Å². The monoisotopic (exact) mass is 292 g/mol. The molecule has 0 aliphatic heterocycles. The van der Waals surface area contributed by atoms with Crippen LogP contribution in [0.1, 0.15) is 63.2 Å². The van der Waals surface area contributed by atoms with E-state index in [1.807, 2.05) is 25.1 Å². The van der Waals surface area contributed by atoms with E-state index in [2.05, 4.69) is 18.7 Å². The number of hydrogen-bond donors (Lipinski definition) is 2. The fourth-order valence-corrected chi connectivity index (χ4v) is 2.44. The van der Waals surface area contributed by atoms with Crippen molar-refractivity contribution in [1.82, 2.24) is 4.90 Å². The average molecular weight is 292 g/mol. The van der Waals surface area contributed by atoms with Crippen molar-refractivity contribution in [2.45, 2.75) is 59.0 Å². The minimum absolute atomic E-state index is 0.418. The topological polar surface area (TPSA) is 49.5 Å². The first-order valence-electron chi connectivity index (χ1n) is 8.34. The van der Waals surface area contributed by atoms with Gasteiger partial charge in [-0.2, -0.15) is 0 Å². The van der Waals surface area contributed by atoms with E-state index >= 15 is 0 Å². The van der Waals surface area contributed by atoms with Gasteiger partial charge in [-0.05, 0) is 56.5 Å². The molecule has 0 bridgehead atoms. The van der Waals surface area contributed by atoms with Crippen molar-refractivity contribution in [2.24, 2.45) is 0 Å². The predicted molar refractivity (Wildman–Crippen MR) is 91.4 cm³/mol. The molecular formula is C18H32N2O. The van der Waals surface area contributed by atoms with Gasteiger partial charge in [0, 0.05) is 12.2 Å². The van der Waals surface area contributed by atoms with Crippen molar-refractivity contribution in [3.8, 4) is 0 Å². The van der Waals surface area contributed by atoms with E-state index in [1.165, 1.54) is 25.7 Å². The molecule has 0 saturated carbocycles. The normalized spacial score (nSPS) is 12.8. The number of nitrogens with zero attached hydrogens (tertiary/aromatic N) is 1. The van der Waals surface area contributed by atoms with Crippen LogP contribution in [-0.2, 0) is 0 Å². The number of anilines is 1. The molecule has 3 nitrogen and oxygen atoms in total. The molecule has 0 aliphatic carbocycles. The van der Waals surface area contributed by atoms with E-state index in [4.69, 9.17) is 5.73 Å². The number of hydrogen-bond acceptors (Lipinski definition) is 3. The molecule has 0 radical (unpaired) electrons. The van der Waals surface area contributed by atoms with E-state index < -0.39 is 6.10 Å². The zero-order chi connectivity index (χ0) is 15.7. The molecule has 21 heavy (non-hydrogen) atoms. The molecule has 0 aromatic heterocycles. The minimum atomic E-state index is -0.418. The van der Waals surface area contributed by atoms with Crippen LogP contribution >= 0.6 is 0 Å². The molecule has 0 fully saturated rings. The second kappa shape index (κ2) is 9.80. The van der Waals surface area contributed by atoms with Gasteiger partial charge in [-0.15, -0.1) is 0 Å². The quantitative estimate of drug-likeness (QED) is 0.643. The van der Waals surface area contributed by atoms with Gasteiger partial charge in [0.2, 0.25) is 0 Å². The number of aliphatic hydroxyl groups is 1. The first-order valence-corrected chi connectivity index (χ1v) is 8.34. The summed E-state index contributed by atoms with van der Waals surface area (Å²) in [6, 6.07) is 5.88. The Morgan fingerprint density at radius 1 is 1.10 bits per heavy atom. The van der Waals surface area contributed by atoms with Gasteiger partial charge in [0.05, 0.1) is 6.10 Å². The summed E-state index contributed by atoms with van der Waals surface area (Å²) in [7, 11) is 0. The van der Waals surface area contributed by atoms with Gasteiger partial charge in [0.25, 0.3) is 0 Å². The third-order valence-electron chi connectivity index (χ3n) is 4.06. The third kappa shape index (κ3) is 6.49. The first kappa shape index (κ1) is 18.0. The summed E-state index contributed by atoms with van der Waals surface area (Å²) in [4.78, 5) is 2.48. The van der Waals surface area contributed by atoms with Gasteiger partial charge >= 0.3 is 0 Å². The Bertz CT molecular complexity index is 398. The number of rotatable bonds is 10. The predicted octanol–water partition coefficient (Wildman–Crippen LogP) is 3.90. The van der Waals surface area contributed by atoms with Crippen LogP contribution in [0, 0.1) is 6.92 Å². The van der Waals surface area contributed by atoms with E-state index in [0.29, 0.717) is 0 Å². The maximum atomic E-state index is 10.4. The van der Waals surface area contributed by atoms with Crippen LogP contribution in [0.3, 0.4) is 0 Å². The molecule has 3 heteroatoms. The molecule has 1 rings (SSSR count). The molecular weight excluding hydrogens is 260 g/mol. The summed E-state index contributed by atoms with van der Waals surface area (Å²) in [5.74, 6) is 0. The Kier molecular flexibility index (Phi) is 8.40. The van der Waals surface area contributed by atoms with Gasteiger partial charge in [0.15, 0.2) is 0 Å². The molecule has 1 unspecified atom stereocenters. The average Bonchev–Trinajstić information content (AvgIpc) is 2.49. The van der Waals surface area contributed by atoms with Crippen molar-refractivity contribution >= 4 is 5.69 Å². The summed E-state index contributed by atoms with van der Waals surface area (Å²) < 4.78 is 0. The van der Waals surface area contributed by atoms with Crippen molar-refractivity contribution in [3.05, 3.63) is 29.3 Å². The molecule has 0 amide bonds. The van der Waals surface area contributed by atoms with Gasteiger partial charge in [-0.1, -0.05) is 38.8 Å². The highest BCUT2D eigenvalue weighted by Gasteiger charge is 2.11. The molecule has 1 aromatic rings. The second-order valence-electron chi connectivity index (χ2n) is 5.97. The number of nitrogens with two attached hydrogens (primary N) is 1. The lowest BCUT2D eigenvalue weighted by Gasteiger charge is -2.23. The maximum absolute atomic E-state index is 10.4. The highest BCUT2D eigenvalue weighted by molar-refractivity contribution is 5.48. The molecule has 0 aliphatic rings. The van der Waals surface area contributed by atoms with Crippen molar-refractivity contribution in [3.63, 3.8) is 0 Å². The van der Waals surface area contributed by atoms with E-state index in [0.717, 1.165) is 42.9 Å². The molecule has 1 aromatic carbocycles. The molecule has 0 saturated heterocycles. The molecule has 3 N–H and O–H groups in total. The zero-order valence-electron chi connectivity index (χ0n) is 13.9. The lowest BCUT2D eigenvalue weighted by molar-refractivity contribution is 0.140. The third-order valence-corrected chi connectivity index (χ3v) is 4.06. The second-order valence-corrected chi connectivity index (χ2v) is 5.97. The Labute approximate surface area is 130 Å². The smallest absolute Gasteiger partial charge is 0.0803 e. The number of aliphatic hydroxyl groups excluding tert-OH is 1. The van der Waals surface area contributed by atoms with Crippen LogP contribution < -0.4 is 5.73 Å². The van der Waals surface area contributed by atoms with Gasteiger partial charge in [0.1, 0.15) is 0 Å². The van der Waals surface area contributed by atoms with Gasteiger partial charge < -0.3 is 15.7 Å². The summed E-state index contributed by atoms with van der Waals surface area (Å²) in [5.41, 5.74) is 8.69. The van der Waals surface area contributed by atoms with Crippen LogP contribution in [0.15, 0.2) is 18.2 Å². The highest BCUT2D eigenvalue weighted by Crippen LogP contribution is 2.21. The summed E-state index contributed by atoms with van der Waals surface area (Å²) in [6.07, 6.45) is 5.27.